The van der Waals surface area contributed by atoms with Crippen LogP contribution in [-0.4, -0.2) is 13.1 Å². The van der Waals surface area contributed by atoms with Crippen molar-refractivity contribution in [1.82, 2.24) is 5.32 Å². The van der Waals surface area contributed by atoms with Gasteiger partial charge in [0.05, 0.1) is 0 Å². The van der Waals surface area contributed by atoms with E-state index in [1.54, 1.807) is 0 Å². The highest BCUT2D eigenvalue weighted by Crippen LogP contribution is 2.23. The van der Waals surface area contributed by atoms with E-state index in [9.17, 15) is 0 Å². The van der Waals surface area contributed by atoms with Gasteiger partial charge in [-0.25, -0.2) is 0 Å². The van der Waals surface area contributed by atoms with Gasteiger partial charge in [0.1, 0.15) is 0 Å². The zero-order valence-electron chi connectivity index (χ0n) is 9.63. The summed E-state index contributed by atoms with van der Waals surface area (Å²) in [6.45, 7) is 11.2. The fourth-order valence-corrected chi connectivity index (χ4v) is 2.34. The Morgan fingerprint density at radius 3 is 2.43 bits per heavy atom. The van der Waals surface area contributed by atoms with Gasteiger partial charge >= 0.3 is 0 Å². The van der Waals surface area contributed by atoms with Crippen molar-refractivity contribution in [2.45, 2.75) is 33.6 Å². The van der Waals surface area contributed by atoms with Gasteiger partial charge < -0.3 is 5.32 Å². The van der Waals surface area contributed by atoms with Crippen molar-refractivity contribution >= 4 is 11.3 Å². The SMILES string of the molecule is Cc1ccc(C(C)CNCC(C)C)s1. The third kappa shape index (κ3) is 3.81. The summed E-state index contributed by atoms with van der Waals surface area (Å²) in [5.74, 6) is 1.39. The molecule has 0 saturated heterocycles. The molecule has 0 radical (unpaired) electrons. The van der Waals surface area contributed by atoms with Crippen LogP contribution in [-0.2, 0) is 0 Å². The molecule has 0 fully saturated rings. The predicted octanol–water partition coefficient (Wildman–Crippen LogP) is 3.41. The first-order chi connectivity index (χ1) is 6.59. The summed E-state index contributed by atoms with van der Waals surface area (Å²) in [5, 5.41) is 3.50. The van der Waals surface area contributed by atoms with E-state index < -0.39 is 0 Å². The minimum absolute atomic E-state index is 0.646. The Labute approximate surface area is 91.5 Å². The molecule has 0 aliphatic heterocycles. The molecule has 1 rings (SSSR count). The maximum absolute atomic E-state index is 3.50. The van der Waals surface area contributed by atoms with E-state index in [-0.39, 0.29) is 0 Å². The first-order valence-electron chi connectivity index (χ1n) is 5.36. The van der Waals surface area contributed by atoms with Gasteiger partial charge in [0.15, 0.2) is 0 Å². The molecular weight excluding hydrogens is 190 g/mol. The largest absolute Gasteiger partial charge is 0.316 e. The van der Waals surface area contributed by atoms with Gasteiger partial charge in [-0.2, -0.15) is 0 Å². The maximum Gasteiger partial charge on any atom is 0.00889 e. The number of thiophene rings is 1. The molecule has 1 nitrogen and oxygen atoms in total. The zero-order valence-corrected chi connectivity index (χ0v) is 10.4. The number of hydrogen-bond acceptors (Lipinski definition) is 2. The smallest absolute Gasteiger partial charge is 0.00889 e. The quantitative estimate of drug-likeness (QED) is 0.787. The summed E-state index contributed by atoms with van der Waals surface area (Å²) < 4.78 is 0. The van der Waals surface area contributed by atoms with Crippen molar-refractivity contribution in [2.75, 3.05) is 13.1 Å². The lowest BCUT2D eigenvalue weighted by molar-refractivity contribution is 0.531. The Morgan fingerprint density at radius 2 is 1.93 bits per heavy atom. The summed E-state index contributed by atoms with van der Waals surface area (Å²) in [7, 11) is 0. The summed E-state index contributed by atoms with van der Waals surface area (Å²) in [6, 6.07) is 4.46. The molecule has 1 atom stereocenters. The van der Waals surface area contributed by atoms with Crippen LogP contribution >= 0.6 is 11.3 Å². The molecular formula is C12H21NS. The van der Waals surface area contributed by atoms with Crippen molar-refractivity contribution in [3.05, 3.63) is 21.9 Å². The molecule has 1 aromatic heterocycles. The Morgan fingerprint density at radius 1 is 1.21 bits per heavy atom. The summed E-state index contributed by atoms with van der Waals surface area (Å²) in [6.07, 6.45) is 0. The average molecular weight is 211 g/mol. The Hall–Kier alpha value is -0.340. The normalized spacial score (nSPS) is 13.5. The van der Waals surface area contributed by atoms with Crippen molar-refractivity contribution in [3.63, 3.8) is 0 Å². The lowest BCUT2D eigenvalue weighted by Crippen LogP contribution is -2.23. The van der Waals surface area contributed by atoms with Crippen molar-refractivity contribution < 1.29 is 0 Å². The number of hydrogen-bond donors (Lipinski definition) is 1. The standard InChI is InChI=1S/C12H21NS/c1-9(2)7-13-8-10(3)12-6-5-11(4)14-12/h5-6,9-10,13H,7-8H2,1-4H3. The molecule has 0 bridgehead atoms. The Bertz CT molecular complexity index is 265. The third-order valence-electron chi connectivity index (χ3n) is 2.25. The van der Waals surface area contributed by atoms with Gasteiger partial charge in [0.2, 0.25) is 0 Å². The Balaban J connectivity index is 2.32. The van der Waals surface area contributed by atoms with Crippen molar-refractivity contribution in [3.8, 4) is 0 Å². The Kier molecular flexibility index (Phi) is 4.63. The van der Waals surface area contributed by atoms with Crippen LogP contribution in [0.3, 0.4) is 0 Å². The first-order valence-corrected chi connectivity index (χ1v) is 6.18. The monoisotopic (exact) mass is 211 g/mol. The maximum atomic E-state index is 3.50. The zero-order chi connectivity index (χ0) is 10.6. The average Bonchev–Trinajstić information content (AvgIpc) is 2.51. The minimum atomic E-state index is 0.646. The molecule has 0 saturated carbocycles. The van der Waals surface area contributed by atoms with Gasteiger partial charge in [0.25, 0.3) is 0 Å². The van der Waals surface area contributed by atoms with E-state index in [2.05, 4.69) is 45.1 Å². The highest BCUT2D eigenvalue weighted by Gasteiger charge is 2.07. The van der Waals surface area contributed by atoms with Crippen LogP contribution in [0.2, 0.25) is 0 Å². The van der Waals surface area contributed by atoms with E-state index >= 15 is 0 Å². The van der Waals surface area contributed by atoms with Gasteiger partial charge in [-0.3, -0.25) is 0 Å². The minimum Gasteiger partial charge on any atom is -0.316 e. The molecule has 1 aromatic rings. The van der Waals surface area contributed by atoms with E-state index in [0.717, 1.165) is 19.0 Å². The number of nitrogens with one attached hydrogen (secondary N) is 1. The molecule has 0 aliphatic carbocycles. The highest BCUT2D eigenvalue weighted by atomic mass is 32.1. The van der Waals surface area contributed by atoms with Crippen LogP contribution < -0.4 is 5.32 Å². The first kappa shape index (κ1) is 11.7. The third-order valence-corrected chi connectivity index (χ3v) is 3.48. The van der Waals surface area contributed by atoms with Crippen molar-refractivity contribution in [1.29, 1.82) is 0 Å². The summed E-state index contributed by atoms with van der Waals surface area (Å²) >= 11 is 1.91. The summed E-state index contributed by atoms with van der Waals surface area (Å²) in [5.41, 5.74) is 0. The number of rotatable bonds is 5. The van der Waals surface area contributed by atoms with E-state index in [0.29, 0.717) is 5.92 Å². The highest BCUT2D eigenvalue weighted by molar-refractivity contribution is 7.12. The van der Waals surface area contributed by atoms with Crippen LogP contribution in [0.1, 0.15) is 36.4 Å². The predicted molar refractivity (Wildman–Crippen MR) is 65.2 cm³/mol. The van der Waals surface area contributed by atoms with E-state index in [1.807, 2.05) is 11.3 Å². The van der Waals surface area contributed by atoms with Crippen LogP contribution in [0.4, 0.5) is 0 Å². The molecule has 80 valence electrons. The molecule has 1 N–H and O–H groups in total. The van der Waals surface area contributed by atoms with Crippen LogP contribution in [0.5, 0.6) is 0 Å². The van der Waals surface area contributed by atoms with Crippen molar-refractivity contribution in [2.24, 2.45) is 5.92 Å². The molecule has 1 heterocycles. The van der Waals surface area contributed by atoms with E-state index in [4.69, 9.17) is 0 Å². The van der Waals surface area contributed by atoms with Gasteiger partial charge in [-0.05, 0) is 31.5 Å². The van der Waals surface area contributed by atoms with Crippen LogP contribution in [0.15, 0.2) is 12.1 Å². The fraction of sp³-hybridized carbons (Fsp3) is 0.667. The summed E-state index contributed by atoms with van der Waals surface area (Å²) in [4.78, 5) is 2.91. The molecule has 0 amide bonds. The molecule has 2 heteroatoms. The molecule has 14 heavy (non-hydrogen) atoms. The lowest BCUT2D eigenvalue weighted by atomic mass is 10.1. The topological polar surface area (TPSA) is 12.0 Å². The van der Waals surface area contributed by atoms with Crippen LogP contribution in [0, 0.1) is 12.8 Å². The molecule has 0 aliphatic rings. The van der Waals surface area contributed by atoms with Gasteiger partial charge in [0, 0.05) is 22.2 Å². The second kappa shape index (κ2) is 5.52. The fourth-order valence-electron chi connectivity index (χ4n) is 1.41. The van der Waals surface area contributed by atoms with Gasteiger partial charge in [-0.1, -0.05) is 20.8 Å². The number of aryl methyl sites for hydroxylation is 1. The second-order valence-corrected chi connectivity index (χ2v) is 5.72. The second-order valence-electron chi connectivity index (χ2n) is 4.40. The lowest BCUT2D eigenvalue weighted by Gasteiger charge is -2.12. The van der Waals surface area contributed by atoms with Crippen LogP contribution in [0.25, 0.3) is 0 Å². The molecule has 0 spiro atoms. The molecule has 1 unspecified atom stereocenters. The van der Waals surface area contributed by atoms with Gasteiger partial charge in [-0.15, -0.1) is 11.3 Å². The molecule has 0 aromatic carbocycles. The van der Waals surface area contributed by atoms with E-state index in [1.165, 1.54) is 9.75 Å².